The molecule has 3 aromatic rings. The van der Waals surface area contributed by atoms with Crippen molar-refractivity contribution in [2.45, 2.75) is 107 Å². The number of aromatic amines is 1. The lowest BCUT2D eigenvalue weighted by Gasteiger charge is -2.68. The molecule has 0 spiro atoms. The molecule has 3 heterocycles. The van der Waals surface area contributed by atoms with E-state index >= 15 is 0 Å². The normalized spacial score (nSPS) is 35.6. The maximum absolute atomic E-state index is 13.9. The fraction of sp³-hybridized carbons (Fsp3) is 0.550. The molecule has 3 aliphatic carbocycles. The molecule has 2 saturated carbocycles. The van der Waals surface area contributed by atoms with Crippen LogP contribution in [-0.2, 0) is 37.4 Å². The average molecular weight is 668 g/mol. The van der Waals surface area contributed by atoms with E-state index in [0.29, 0.717) is 24.8 Å². The Hall–Kier alpha value is -3.50. The Morgan fingerprint density at radius 3 is 2.49 bits per heavy atom. The van der Waals surface area contributed by atoms with E-state index in [1.165, 1.54) is 22.6 Å². The molecule has 2 aromatic carbocycles. The summed E-state index contributed by atoms with van der Waals surface area (Å²) in [5, 5.41) is 17.9. The van der Waals surface area contributed by atoms with Crippen molar-refractivity contribution in [1.29, 1.82) is 0 Å². The molecule has 2 aliphatic heterocycles. The van der Waals surface area contributed by atoms with Gasteiger partial charge in [-0.25, -0.2) is 4.79 Å². The summed E-state index contributed by atoms with van der Waals surface area (Å²) in [5.74, 6) is -1.49. The molecular weight excluding hydrogens is 618 g/mol. The van der Waals surface area contributed by atoms with Gasteiger partial charge in [-0.1, -0.05) is 62.4 Å². The highest BCUT2D eigenvalue weighted by Gasteiger charge is 2.77. The summed E-state index contributed by atoms with van der Waals surface area (Å²) in [7, 11) is 1.57. The number of carbonyl (C=O) groups is 2. The molecule has 3 fully saturated rings. The molecule has 0 bridgehead atoms. The summed E-state index contributed by atoms with van der Waals surface area (Å²) < 4.78 is 19.1. The number of aromatic nitrogens is 1. The van der Waals surface area contributed by atoms with E-state index in [4.69, 9.17) is 14.2 Å². The van der Waals surface area contributed by atoms with Gasteiger partial charge >= 0.3 is 6.09 Å². The third-order valence-corrected chi connectivity index (χ3v) is 13.4. The van der Waals surface area contributed by atoms with E-state index in [-0.39, 0.29) is 17.7 Å². The van der Waals surface area contributed by atoms with Gasteiger partial charge in [0.05, 0.1) is 0 Å². The fourth-order valence-electron chi connectivity index (χ4n) is 10.4. The quantitative estimate of drug-likeness (QED) is 0.309. The number of fused-ring (bicyclic) bond motifs is 9. The van der Waals surface area contributed by atoms with Crippen LogP contribution in [0, 0.1) is 11.3 Å². The number of ketones is 1. The number of carbonyl (C=O) groups excluding carboxylic acids is 2. The van der Waals surface area contributed by atoms with Gasteiger partial charge in [0.15, 0.2) is 11.6 Å². The largest absolute Gasteiger partial charge is 0.443 e. The van der Waals surface area contributed by atoms with E-state index < -0.39 is 40.0 Å². The Labute approximate surface area is 288 Å². The zero-order valence-electron chi connectivity index (χ0n) is 29.3. The number of rotatable bonds is 5. The van der Waals surface area contributed by atoms with Gasteiger partial charge in [0.1, 0.15) is 17.3 Å². The molecule has 3 N–H and O–H groups in total. The van der Waals surface area contributed by atoms with Crippen LogP contribution in [0.5, 0.6) is 0 Å². The third kappa shape index (κ3) is 4.65. The van der Waals surface area contributed by atoms with Crippen LogP contribution in [-0.4, -0.2) is 76.2 Å². The molecular formula is C40H49N3O6. The highest BCUT2D eigenvalue weighted by atomic mass is 16.7. The van der Waals surface area contributed by atoms with Gasteiger partial charge in [0.2, 0.25) is 0 Å². The molecule has 8 rings (SSSR count). The highest BCUT2D eigenvalue weighted by Crippen LogP contribution is 2.71. The van der Waals surface area contributed by atoms with Crippen molar-refractivity contribution >= 4 is 22.8 Å². The van der Waals surface area contributed by atoms with Gasteiger partial charge < -0.3 is 29.6 Å². The number of nitrogens with zero attached hydrogens (tertiary/aromatic N) is 1. The summed E-state index contributed by atoms with van der Waals surface area (Å²) in [6.07, 6.45) is 3.90. The van der Waals surface area contributed by atoms with Crippen LogP contribution in [0.15, 0.2) is 66.2 Å². The van der Waals surface area contributed by atoms with E-state index in [2.05, 4.69) is 71.5 Å². The van der Waals surface area contributed by atoms with Crippen molar-refractivity contribution in [3.63, 3.8) is 0 Å². The zero-order valence-corrected chi connectivity index (χ0v) is 29.3. The first-order valence-corrected chi connectivity index (χ1v) is 17.9. The molecule has 0 unspecified atom stereocenters. The molecule has 1 saturated heterocycles. The van der Waals surface area contributed by atoms with Crippen molar-refractivity contribution in [2.24, 2.45) is 11.3 Å². The standard InChI is InChI=1S/C40H49N3O6/c1-36(2)32(44)23-31-39(47-5,49-36)18-17-37(3)38(4)26(21-29-28-13-9-10-14-30(28)42-34(29)38)22-33(40(31,37)46)48-35(45)41-27-15-19-43(20-16-27)24-25-11-7-6-8-12-25/h6-14,23,26-27,33,42,46H,15-22,24H2,1-5H3,(H,41,45)/t26-,33+,37-,38-,39+,40+/m1/s1. The van der Waals surface area contributed by atoms with Gasteiger partial charge in [0, 0.05) is 72.2 Å². The van der Waals surface area contributed by atoms with E-state index in [1.807, 2.05) is 12.1 Å². The number of nitrogens with one attached hydrogen (secondary N) is 2. The van der Waals surface area contributed by atoms with Crippen LogP contribution >= 0.6 is 0 Å². The number of H-pyrrole nitrogens is 1. The second-order valence-corrected chi connectivity index (χ2v) is 16.0. The molecule has 1 aromatic heterocycles. The molecule has 0 radical (unpaired) electrons. The summed E-state index contributed by atoms with van der Waals surface area (Å²) >= 11 is 0. The summed E-state index contributed by atoms with van der Waals surface area (Å²) in [4.78, 5) is 33.6. The number of hydrogen-bond donors (Lipinski definition) is 3. The lowest BCUT2D eigenvalue weighted by Crippen LogP contribution is -2.76. The van der Waals surface area contributed by atoms with Gasteiger partial charge in [-0.15, -0.1) is 0 Å². The third-order valence-electron chi connectivity index (χ3n) is 13.4. The number of para-hydroxylation sites is 1. The van der Waals surface area contributed by atoms with E-state index in [9.17, 15) is 14.7 Å². The maximum atomic E-state index is 13.9. The van der Waals surface area contributed by atoms with Crippen molar-refractivity contribution in [3.8, 4) is 0 Å². The second-order valence-electron chi connectivity index (χ2n) is 16.0. The number of benzene rings is 2. The van der Waals surface area contributed by atoms with Gasteiger partial charge in [0.25, 0.3) is 0 Å². The van der Waals surface area contributed by atoms with Crippen LogP contribution in [0.1, 0.15) is 76.6 Å². The summed E-state index contributed by atoms with van der Waals surface area (Å²) in [6, 6.07) is 18.8. The number of methoxy groups -OCH3 is 1. The lowest BCUT2D eigenvalue weighted by molar-refractivity contribution is -0.309. The molecule has 9 nitrogen and oxygen atoms in total. The Morgan fingerprint density at radius 1 is 1.04 bits per heavy atom. The Balaban J connectivity index is 1.12. The van der Waals surface area contributed by atoms with Crippen molar-refractivity contribution in [3.05, 3.63) is 83.1 Å². The first kappa shape index (κ1) is 32.7. The Morgan fingerprint density at radius 2 is 1.76 bits per heavy atom. The predicted molar refractivity (Wildman–Crippen MR) is 186 cm³/mol. The van der Waals surface area contributed by atoms with Crippen LogP contribution in [0.2, 0.25) is 0 Å². The molecule has 1 amide bonds. The maximum Gasteiger partial charge on any atom is 0.407 e. The topological polar surface area (TPSA) is 113 Å². The van der Waals surface area contributed by atoms with Crippen LogP contribution < -0.4 is 5.32 Å². The second kappa shape index (κ2) is 11.3. The Bertz CT molecular complexity index is 1830. The van der Waals surface area contributed by atoms with Crippen LogP contribution in [0.25, 0.3) is 10.9 Å². The summed E-state index contributed by atoms with van der Waals surface area (Å²) in [5.41, 5.74) is 0.841. The van der Waals surface area contributed by atoms with Gasteiger partial charge in [-0.05, 0) is 75.1 Å². The van der Waals surface area contributed by atoms with Crippen molar-refractivity contribution in [2.75, 3.05) is 20.2 Å². The SMILES string of the molecule is CO[C@]12CC[C@]3(C)[C@@]4(C)c5[nH]c6ccccc6c5C[C@@H]4C[C@H](OC(=O)NC4CCN(Cc5ccccc5)CC4)[C@@]3(O)C1=CC(=O)C(C)(C)O2. The minimum absolute atomic E-state index is 0.0314. The molecule has 9 heteroatoms. The van der Waals surface area contributed by atoms with Crippen LogP contribution in [0.3, 0.4) is 0 Å². The number of hydrogen-bond acceptors (Lipinski definition) is 7. The number of alkyl carbamates (subject to hydrolysis) is 1. The lowest BCUT2D eigenvalue weighted by atomic mass is 9.41. The number of likely N-dealkylation sites (tertiary alicyclic amines) is 1. The minimum atomic E-state index is -1.76. The zero-order chi connectivity index (χ0) is 34.4. The van der Waals surface area contributed by atoms with E-state index in [0.717, 1.165) is 50.1 Å². The minimum Gasteiger partial charge on any atom is -0.443 e. The number of aliphatic hydroxyl groups is 1. The first-order chi connectivity index (χ1) is 23.3. The van der Waals surface area contributed by atoms with E-state index in [1.54, 1.807) is 21.0 Å². The smallest absolute Gasteiger partial charge is 0.407 e. The van der Waals surface area contributed by atoms with Crippen LogP contribution in [0.4, 0.5) is 4.79 Å². The number of piperidine rings is 1. The average Bonchev–Trinajstić information content (AvgIpc) is 3.59. The molecule has 5 aliphatic rings. The highest BCUT2D eigenvalue weighted by molar-refractivity contribution is 5.98. The molecule has 49 heavy (non-hydrogen) atoms. The summed E-state index contributed by atoms with van der Waals surface area (Å²) in [6.45, 7) is 10.5. The predicted octanol–water partition coefficient (Wildman–Crippen LogP) is 5.94. The van der Waals surface area contributed by atoms with Gasteiger partial charge in [-0.2, -0.15) is 0 Å². The van der Waals surface area contributed by atoms with Crippen molar-refractivity contribution in [1.82, 2.24) is 15.2 Å². The van der Waals surface area contributed by atoms with Crippen molar-refractivity contribution < 1.29 is 28.9 Å². The fourth-order valence-corrected chi connectivity index (χ4v) is 10.4. The molecule has 260 valence electrons. The Kier molecular flexibility index (Phi) is 7.51. The van der Waals surface area contributed by atoms with Gasteiger partial charge in [-0.3, -0.25) is 9.69 Å². The number of amides is 1. The molecule has 6 atom stereocenters. The number of ether oxygens (including phenoxy) is 3. The first-order valence-electron chi connectivity index (χ1n) is 17.9. The monoisotopic (exact) mass is 667 g/mol.